The van der Waals surface area contributed by atoms with Gasteiger partial charge in [0.15, 0.2) is 6.69 Å². The van der Waals surface area contributed by atoms with E-state index in [4.69, 9.17) is 0 Å². The van der Waals surface area contributed by atoms with Crippen LogP contribution in [0.25, 0.3) is 0 Å². The molecule has 0 amide bonds. The van der Waals surface area contributed by atoms with E-state index in [1.165, 1.54) is 5.19 Å². The lowest BCUT2D eigenvalue weighted by Gasteiger charge is -2.16. The molecule has 0 aliphatic carbocycles. The number of benzene rings is 1. The summed E-state index contributed by atoms with van der Waals surface area (Å²) in [4.78, 5) is 1.06. The van der Waals surface area contributed by atoms with Crippen molar-refractivity contribution in [2.75, 3.05) is 4.95 Å². The van der Waals surface area contributed by atoms with E-state index >= 15 is 0 Å². The number of alkyl halides is 1. The second-order valence-electron chi connectivity index (χ2n) is 2.70. The van der Waals surface area contributed by atoms with E-state index in [9.17, 15) is 0 Å². The summed E-state index contributed by atoms with van der Waals surface area (Å²) in [6, 6.07) is 10.6. The molecule has 0 fully saturated rings. The maximum absolute atomic E-state index is 3.78. The van der Waals surface area contributed by atoms with Gasteiger partial charge in [0.1, 0.15) is 0 Å². The van der Waals surface area contributed by atoms with Crippen LogP contribution in [0.5, 0.6) is 0 Å². The van der Waals surface area contributed by atoms with Gasteiger partial charge in [0.2, 0.25) is 0 Å². The number of hydrogen-bond acceptors (Lipinski definition) is 0. The zero-order chi connectivity index (χ0) is 8.32. The lowest BCUT2D eigenvalue weighted by atomic mass is 10.4. The first-order valence-corrected chi connectivity index (χ1v) is 9.56. The van der Waals surface area contributed by atoms with Crippen molar-refractivity contribution < 1.29 is 0 Å². The van der Waals surface area contributed by atoms with Gasteiger partial charge in [-0.15, -0.1) is 15.3 Å². The van der Waals surface area contributed by atoms with E-state index in [0.29, 0.717) is 0 Å². The Bertz CT molecular complexity index is 221. The molecule has 0 heterocycles. The van der Waals surface area contributed by atoms with Gasteiger partial charge in [0.25, 0.3) is 0 Å². The number of hydrogen-bond donors (Lipinski definition) is 0. The minimum Gasteiger partial charge on any atom is -0.119 e. The van der Waals surface area contributed by atoms with Crippen LogP contribution < -0.4 is 5.19 Å². The molecule has 1 rings (SSSR count). The fourth-order valence-corrected chi connectivity index (χ4v) is 3.67. The Morgan fingerprint density at radius 2 is 1.82 bits per heavy atom. The van der Waals surface area contributed by atoms with Gasteiger partial charge in [0, 0.05) is 4.95 Å². The average molecular weight is 294 g/mol. The van der Waals surface area contributed by atoms with Crippen molar-refractivity contribution in [2.45, 2.75) is 6.55 Å². The summed E-state index contributed by atoms with van der Waals surface area (Å²) in [5.74, 6) is 0. The normalized spacial score (nSPS) is 15.9. The van der Waals surface area contributed by atoms with Gasteiger partial charge < -0.3 is 0 Å². The molecule has 1 unspecified atom stereocenters. The first kappa shape index (κ1) is 9.48. The maximum atomic E-state index is 3.78. The van der Waals surface area contributed by atoms with Crippen LogP contribution in [0.4, 0.5) is 0 Å². The summed E-state index contributed by atoms with van der Waals surface area (Å²) in [5, 5.41) is 1.44. The summed E-state index contributed by atoms with van der Waals surface area (Å²) in [6.45, 7) is 0.965. The van der Waals surface area contributed by atoms with Crippen molar-refractivity contribution in [3.63, 3.8) is 0 Å². The van der Waals surface area contributed by atoms with Gasteiger partial charge in [-0.25, -0.2) is 0 Å². The molecule has 0 N–H and O–H groups in total. The summed E-state index contributed by atoms with van der Waals surface area (Å²) >= 11 is 7.30. The molecule has 0 nitrogen and oxygen atoms in total. The second kappa shape index (κ2) is 3.87. The zero-order valence-corrected chi connectivity index (χ0v) is 10.5. The first-order chi connectivity index (χ1) is 5.17. The van der Waals surface area contributed by atoms with Crippen LogP contribution in [0.3, 0.4) is 0 Å². The highest BCUT2D eigenvalue weighted by molar-refractivity contribution is 9.27. The van der Waals surface area contributed by atoms with Gasteiger partial charge in [0.05, 0.1) is 0 Å². The fraction of sp³-hybridized carbons (Fsp3) is 0.250. The Morgan fingerprint density at radius 3 is 2.27 bits per heavy atom. The molecule has 0 radical (unpaired) electrons. The lowest BCUT2D eigenvalue weighted by molar-refractivity contribution is 1.73. The highest BCUT2D eigenvalue weighted by Crippen LogP contribution is 2.14. The quantitative estimate of drug-likeness (QED) is 0.447. The van der Waals surface area contributed by atoms with Crippen molar-refractivity contribution in [3.8, 4) is 0 Å². The van der Waals surface area contributed by atoms with Crippen LogP contribution >= 0.6 is 31.2 Å². The molecular weight excluding hydrogens is 284 g/mol. The monoisotopic (exact) mass is 292 g/mol. The van der Waals surface area contributed by atoms with Gasteiger partial charge in [-0.05, 0) is 5.19 Å². The molecule has 0 bridgehead atoms. The molecule has 0 aliphatic rings. The van der Waals surface area contributed by atoms with E-state index in [0.717, 1.165) is 4.95 Å². The van der Waals surface area contributed by atoms with Gasteiger partial charge in [-0.1, -0.05) is 52.8 Å². The van der Waals surface area contributed by atoms with Gasteiger partial charge in [-0.2, -0.15) is 0 Å². The molecule has 3 heteroatoms. The minimum atomic E-state index is -1.32. The van der Waals surface area contributed by atoms with E-state index in [1.807, 2.05) is 0 Å². The molecule has 11 heavy (non-hydrogen) atoms. The topological polar surface area (TPSA) is 0 Å². The summed E-state index contributed by atoms with van der Waals surface area (Å²) in [5.41, 5.74) is 0. The van der Waals surface area contributed by atoms with Crippen molar-refractivity contribution in [1.29, 1.82) is 0 Å². The Balaban J connectivity index is 2.93. The SMILES string of the molecule is C[Si](Br)(CBr)c1ccccc1. The van der Waals surface area contributed by atoms with E-state index in [-0.39, 0.29) is 0 Å². The van der Waals surface area contributed by atoms with Gasteiger partial charge >= 0.3 is 0 Å². The van der Waals surface area contributed by atoms with Crippen LogP contribution in [0.1, 0.15) is 0 Å². The Labute approximate surface area is 84.7 Å². The largest absolute Gasteiger partial charge is 0.167 e. The van der Waals surface area contributed by atoms with Crippen LogP contribution in [-0.2, 0) is 0 Å². The third-order valence-electron chi connectivity index (χ3n) is 1.63. The third kappa shape index (κ3) is 2.42. The van der Waals surface area contributed by atoms with Crippen molar-refractivity contribution in [3.05, 3.63) is 30.3 Å². The van der Waals surface area contributed by atoms with Crippen molar-refractivity contribution in [1.82, 2.24) is 0 Å². The second-order valence-corrected chi connectivity index (χ2v) is 12.9. The molecule has 1 aromatic carbocycles. The fourth-order valence-electron chi connectivity index (χ4n) is 0.863. The predicted molar refractivity (Wildman–Crippen MR) is 60.4 cm³/mol. The lowest BCUT2D eigenvalue weighted by Crippen LogP contribution is -2.40. The highest BCUT2D eigenvalue weighted by atomic mass is 79.9. The van der Waals surface area contributed by atoms with Gasteiger partial charge in [-0.3, -0.25) is 0 Å². The predicted octanol–water partition coefficient (Wildman–Crippen LogP) is 2.80. The smallest absolute Gasteiger partial charge is 0.119 e. The maximum Gasteiger partial charge on any atom is 0.167 e. The molecule has 0 aliphatic heterocycles. The Kier molecular flexibility index (Phi) is 3.34. The summed E-state index contributed by atoms with van der Waals surface area (Å²) < 4.78 is 0. The summed E-state index contributed by atoms with van der Waals surface area (Å²) in [6.07, 6.45) is 0. The molecule has 1 atom stereocenters. The zero-order valence-electron chi connectivity index (χ0n) is 6.35. The van der Waals surface area contributed by atoms with E-state index in [2.05, 4.69) is 68.1 Å². The molecule has 0 spiro atoms. The van der Waals surface area contributed by atoms with Crippen molar-refractivity contribution in [2.24, 2.45) is 0 Å². The van der Waals surface area contributed by atoms with Crippen molar-refractivity contribution >= 4 is 43.1 Å². The number of halogens is 2. The van der Waals surface area contributed by atoms with E-state index in [1.54, 1.807) is 0 Å². The van der Waals surface area contributed by atoms with Crippen LogP contribution in [-0.4, -0.2) is 11.6 Å². The molecule has 0 aromatic heterocycles. The molecule has 0 saturated heterocycles. The molecule has 60 valence electrons. The standard InChI is InChI=1S/C8H10Br2Si/c1-11(10,7-9)8-5-3-2-4-6-8/h2-6H,7H2,1H3. The number of rotatable bonds is 2. The van der Waals surface area contributed by atoms with Crippen LogP contribution in [0.2, 0.25) is 6.55 Å². The van der Waals surface area contributed by atoms with Crippen LogP contribution in [0.15, 0.2) is 30.3 Å². The summed E-state index contributed by atoms with van der Waals surface area (Å²) in [7, 11) is 0. The molecule has 1 aromatic rings. The average Bonchev–Trinajstić information content (AvgIpc) is 2.06. The van der Waals surface area contributed by atoms with E-state index < -0.39 is 6.69 Å². The molecular formula is C8H10Br2Si. The Hall–Kier alpha value is 0.397. The van der Waals surface area contributed by atoms with Crippen LogP contribution in [0, 0.1) is 0 Å². The Morgan fingerprint density at radius 1 is 1.27 bits per heavy atom. The first-order valence-electron chi connectivity index (χ1n) is 3.47. The highest BCUT2D eigenvalue weighted by Gasteiger charge is 2.23. The third-order valence-corrected chi connectivity index (χ3v) is 11.5. The molecule has 0 saturated carbocycles. The minimum absolute atomic E-state index is 1.06.